The number of aliphatic carboxylic acids is 1. The second kappa shape index (κ2) is 29.1. The molecule has 8 rings (SSSR count). The van der Waals surface area contributed by atoms with Crippen LogP contribution in [0.1, 0.15) is 63.8 Å². The topological polar surface area (TPSA) is 238 Å². The van der Waals surface area contributed by atoms with Crippen LogP contribution in [0.3, 0.4) is 0 Å². The van der Waals surface area contributed by atoms with Gasteiger partial charge in [0.05, 0.1) is 50.7 Å². The van der Waals surface area contributed by atoms with E-state index in [0.29, 0.717) is 116 Å². The minimum atomic E-state index is -0.806. The largest absolute Gasteiger partial charge is 0.481 e. The summed E-state index contributed by atoms with van der Waals surface area (Å²) in [5.74, 6) is -0.920. The van der Waals surface area contributed by atoms with Crippen molar-refractivity contribution in [2.75, 3.05) is 39.3 Å². The number of carboxylic acid groups (broad SMARTS) is 1. The molecule has 0 unspecified atom stereocenters. The van der Waals surface area contributed by atoms with Crippen molar-refractivity contribution >= 4 is 111 Å². The molecule has 1 aromatic heterocycles. The number of amidine groups is 1. The number of carbonyl (C=O) groups is 5. The molecule has 6 N–H and O–H groups in total. The number of nitrogens with one attached hydrogen (secondary N) is 2. The van der Waals surface area contributed by atoms with Gasteiger partial charge < -0.3 is 41.0 Å². The summed E-state index contributed by atoms with van der Waals surface area (Å²) in [5.41, 5.74) is 8.12. The Morgan fingerprint density at radius 1 is 0.649 bits per heavy atom. The van der Waals surface area contributed by atoms with Crippen LogP contribution in [0.25, 0.3) is 16.2 Å². The number of rotatable bonds is 10. The van der Waals surface area contributed by atoms with Crippen LogP contribution in [0, 0.1) is 12.5 Å². The number of halogens is 6. The van der Waals surface area contributed by atoms with Crippen LogP contribution >= 0.6 is 69.6 Å². The number of nitrogens with zero attached hydrogens (tertiary/aromatic N) is 6. The highest BCUT2D eigenvalue weighted by Crippen LogP contribution is 2.31. The molecular formula is C51H47Cl6N9O8. The summed E-state index contributed by atoms with van der Waals surface area (Å²) < 4.78 is 5.45. The molecule has 23 heteroatoms. The SMILES string of the molecule is NC(=NO)c1ccc(Cl)c(Cl)c1.O=C(NCC(=O)N1CCC(C(=O)O)CC1)c1ccccc1.O=C(NCC(=O)N1CCC(c2nc(-c3ccc(Cl)c(Cl)c3)no2)CC1)c1ccccc1.[C-]#[N+]c1ccc(Cl)c(Cl)c1. The van der Waals surface area contributed by atoms with Crippen LogP contribution in [0.15, 0.2) is 125 Å². The van der Waals surface area contributed by atoms with Crippen molar-refractivity contribution in [2.45, 2.75) is 31.6 Å². The highest BCUT2D eigenvalue weighted by Gasteiger charge is 2.29. The summed E-state index contributed by atoms with van der Waals surface area (Å²) >= 11 is 34.6. The van der Waals surface area contributed by atoms with E-state index in [0.717, 1.165) is 5.56 Å². The highest BCUT2D eigenvalue weighted by atomic mass is 35.5. The maximum Gasteiger partial charge on any atom is 0.306 e. The number of carbonyl (C=O) groups excluding carboxylic acids is 4. The average molecular weight is 1130 g/mol. The van der Waals surface area contributed by atoms with Gasteiger partial charge >= 0.3 is 5.97 Å². The number of benzene rings is 5. The fourth-order valence-corrected chi connectivity index (χ4v) is 7.98. The van der Waals surface area contributed by atoms with Gasteiger partial charge in [0, 0.05) is 59.4 Å². The van der Waals surface area contributed by atoms with E-state index in [1.165, 1.54) is 12.1 Å². The van der Waals surface area contributed by atoms with Crippen molar-refractivity contribution in [3.63, 3.8) is 0 Å². The first-order chi connectivity index (χ1) is 35.5. The summed E-state index contributed by atoms with van der Waals surface area (Å²) in [5, 5.41) is 32.0. The smallest absolute Gasteiger partial charge is 0.306 e. The van der Waals surface area contributed by atoms with E-state index >= 15 is 0 Å². The zero-order valence-corrected chi connectivity index (χ0v) is 43.6. The third-order valence-electron chi connectivity index (χ3n) is 11.2. The van der Waals surface area contributed by atoms with Crippen molar-refractivity contribution in [3.8, 4) is 11.4 Å². The summed E-state index contributed by atoms with van der Waals surface area (Å²) in [6, 6.07) is 32.2. The highest BCUT2D eigenvalue weighted by molar-refractivity contribution is 6.43. The van der Waals surface area contributed by atoms with Crippen LogP contribution in [0.2, 0.25) is 30.1 Å². The number of nitrogens with two attached hydrogens (primary N) is 1. The maximum atomic E-state index is 12.5. The van der Waals surface area contributed by atoms with Gasteiger partial charge in [-0.05, 0) is 92.4 Å². The van der Waals surface area contributed by atoms with E-state index in [1.807, 2.05) is 12.1 Å². The molecule has 4 amide bonds. The Morgan fingerprint density at radius 2 is 1.12 bits per heavy atom. The average Bonchev–Trinajstić information content (AvgIpc) is 3.93. The van der Waals surface area contributed by atoms with Gasteiger partial charge in [-0.15, -0.1) is 0 Å². The molecule has 0 saturated carbocycles. The van der Waals surface area contributed by atoms with Crippen LogP contribution in [0.4, 0.5) is 5.69 Å². The summed E-state index contributed by atoms with van der Waals surface area (Å²) in [6.07, 6.45) is 2.35. The van der Waals surface area contributed by atoms with Crippen molar-refractivity contribution in [1.29, 1.82) is 0 Å². The van der Waals surface area contributed by atoms with E-state index in [-0.39, 0.29) is 54.4 Å². The predicted molar refractivity (Wildman–Crippen MR) is 284 cm³/mol. The molecular weight excluding hydrogens is 1080 g/mol. The third kappa shape index (κ3) is 17.6. The Hall–Kier alpha value is -6.91. The lowest BCUT2D eigenvalue weighted by Crippen LogP contribution is -2.45. The van der Waals surface area contributed by atoms with E-state index in [4.69, 9.17) is 96.7 Å². The number of carboxylic acids is 1. The zero-order chi connectivity index (χ0) is 53.7. The van der Waals surface area contributed by atoms with Gasteiger partial charge in [-0.1, -0.05) is 128 Å². The van der Waals surface area contributed by atoms with Gasteiger partial charge in [0.25, 0.3) is 11.8 Å². The summed E-state index contributed by atoms with van der Waals surface area (Å²) in [4.78, 5) is 70.2. The molecule has 17 nitrogen and oxygen atoms in total. The Morgan fingerprint density at radius 3 is 1.58 bits per heavy atom. The standard InChI is InChI=1S/C22H20Cl2N4O3.C15H18N2O4.C7H6Cl2N2O.C7H3Cl2N/c23-17-7-6-16(12-18(17)24)20-26-22(31-27-20)15-8-10-28(11-9-15)19(29)13-25-21(30)14-4-2-1-3-5-14;18-13(17-8-6-12(7-9-17)15(20)21)10-16-14(19)11-4-2-1-3-5-11;8-5-2-1-4(3-6(5)9)7(10)11-12;1-10-5-2-3-6(8)7(9)4-5/h1-7,12,15H,8-11,13H2,(H,25,30);1-5,12H,6-10H2,(H,16,19)(H,20,21);1-3,12H,(H2,10,11);2-4H. The lowest BCUT2D eigenvalue weighted by Gasteiger charge is -2.30. The van der Waals surface area contributed by atoms with Gasteiger partial charge in [0.2, 0.25) is 23.5 Å². The quantitative estimate of drug-likeness (QED) is 0.0284. The van der Waals surface area contributed by atoms with Gasteiger partial charge in [0.15, 0.2) is 11.5 Å². The monoisotopic (exact) mass is 1120 g/mol. The first kappa shape index (κ1) is 58.0. The van der Waals surface area contributed by atoms with Gasteiger partial charge in [-0.2, -0.15) is 4.98 Å². The van der Waals surface area contributed by atoms with Crippen molar-refractivity contribution in [3.05, 3.63) is 179 Å². The second-order valence-corrected chi connectivity index (χ2v) is 18.6. The molecule has 2 aliphatic rings. The molecule has 0 spiro atoms. The molecule has 5 aromatic carbocycles. The summed E-state index contributed by atoms with van der Waals surface area (Å²) in [6.45, 7) is 8.53. The maximum absolute atomic E-state index is 12.5. The second-order valence-electron chi connectivity index (χ2n) is 16.2. The van der Waals surface area contributed by atoms with Crippen molar-refractivity contribution < 1.29 is 38.8 Å². The predicted octanol–water partition coefficient (Wildman–Crippen LogP) is 10.6. The lowest BCUT2D eigenvalue weighted by atomic mass is 9.96. The number of amides is 4. The van der Waals surface area contributed by atoms with Gasteiger partial charge in [-0.25, -0.2) is 4.85 Å². The molecule has 74 heavy (non-hydrogen) atoms. The first-order valence-corrected chi connectivity index (χ1v) is 24.7. The summed E-state index contributed by atoms with van der Waals surface area (Å²) in [7, 11) is 0. The number of hydrogen-bond acceptors (Lipinski definition) is 10. The van der Waals surface area contributed by atoms with Gasteiger partial charge in [-0.3, -0.25) is 24.0 Å². The van der Waals surface area contributed by atoms with E-state index in [9.17, 15) is 24.0 Å². The Labute approximate surface area is 455 Å². The van der Waals surface area contributed by atoms with Crippen molar-refractivity contribution in [1.82, 2.24) is 30.6 Å². The normalized spacial score (nSPS) is 13.6. The minimum absolute atomic E-state index is 0.00793. The van der Waals surface area contributed by atoms with E-state index in [2.05, 4.69) is 30.8 Å². The third-order valence-corrected chi connectivity index (χ3v) is 13.5. The minimum Gasteiger partial charge on any atom is -0.481 e. The first-order valence-electron chi connectivity index (χ1n) is 22.5. The lowest BCUT2D eigenvalue weighted by molar-refractivity contribution is -0.145. The zero-order valence-electron chi connectivity index (χ0n) is 39.1. The Balaban J connectivity index is 0.000000202. The van der Waals surface area contributed by atoms with Crippen LogP contribution < -0.4 is 16.4 Å². The van der Waals surface area contributed by atoms with E-state index < -0.39 is 5.97 Å². The molecule has 386 valence electrons. The molecule has 0 radical (unpaired) electrons. The number of hydrogen-bond donors (Lipinski definition) is 5. The molecule has 0 aliphatic carbocycles. The molecule has 2 saturated heterocycles. The molecule has 2 aliphatic heterocycles. The number of aromatic nitrogens is 2. The van der Waals surface area contributed by atoms with Crippen LogP contribution in [-0.2, 0) is 14.4 Å². The molecule has 3 heterocycles. The number of oxime groups is 1. The molecule has 6 aromatic rings. The number of piperidine rings is 2. The van der Waals surface area contributed by atoms with Crippen LogP contribution in [-0.4, -0.2) is 105 Å². The van der Waals surface area contributed by atoms with Crippen molar-refractivity contribution in [2.24, 2.45) is 16.8 Å². The molecule has 0 atom stereocenters. The number of likely N-dealkylation sites (tertiary alicyclic amines) is 2. The fraction of sp³-hybridized carbons (Fsp3) is 0.235. The van der Waals surface area contributed by atoms with Crippen LogP contribution in [0.5, 0.6) is 0 Å². The van der Waals surface area contributed by atoms with Gasteiger partial charge in [0.1, 0.15) is 0 Å². The molecule has 0 bridgehead atoms. The molecule has 2 fully saturated rings. The Kier molecular flexibility index (Phi) is 22.8. The fourth-order valence-electron chi connectivity index (χ4n) is 7.09. The Bertz CT molecular complexity index is 2960. The van der Waals surface area contributed by atoms with E-state index in [1.54, 1.807) is 101 Å².